The molecule has 1 aromatic heterocycles. The number of rotatable bonds is 7. The van der Waals surface area contributed by atoms with Crippen molar-refractivity contribution in [1.82, 2.24) is 15.5 Å². The van der Waals surface area contributed by atoms with Crippen molar-refractivity contribution in [3.8, 4) is 0 Å². The Bertz CT molecular complexity index is 415. The Kier molecular flexibility index (Phi) is 6.50. The summed E-state index contributed by atoms with van der Waals surface area (Å²) >= 11 is 0. The summed E-state index contributed by atoms with van der Waals surface area (Å²) < 4.78 is 34.1. The van der Waals surface area contributed by atoms with E-state index in [0.717, 1.165) is 19.3 Å². The standard InChI is InChI=1S/C14H23F2N3O2/c1-17-11-6-4-2-3-5-10(11)14-18-13(19-21-14)7-8-20-9-12(15)16/h10-12,17H,2-9H2,1H3. The molecule has 1 aliphatic rings. The van der Waals surface area contributed by atoms with E-state index < -0.39 is 13.0 Å². The molecule has 7 heteroatoms. The average molecular weight is 303 g/mol. The third-order valence-electron chi connectivity index (χ3n) is 3.90. The van der Waals surface area contributed by atoms with Gasteiger partial charge in [-0.1, -0.05) is 24.4 Å². The molecule has 2 unspecified atom stereocenters. The van der Waals surface area contributed by atoms with Gasteiger partial charge in [0.05, 0.1) is 12.5 Å². The van der Waals surface area contributed by atoms with Crippen LogP contribution in [0.4, 0.5) is 8.78 Å². The molecule has 1 aromatic rings. The van der Waals surface area contributed by atoms with E-state index in [1.807, 2.05) is 7.05 Å². The van der Waals surface area contributed by atoms with Gasteiger partial charge in [0.1, 0.15) is 6.61 Å². The highest BCUT2D eigenvalue weighted by atomic mass is 19.3. The van der Waals surface area contributed by atoms with Crippen molar-refractivity contribution in [1.29, 1.82) is 0 Å². The maximum atomic E-state index is 11.9. The predicted molar refractivity (Wildman–Crippen MR) is 73.5 cm³/mol. The van der Waals surface area contributed by atoms with Gasteiger partial charge >= 0.3 is 0 Å². The lowest BCUT2D eigenvalue weighted by Crippen LogP contribution is -2.31. The Balaban J connectivity index is 1.88. The molecule has 0 radical (unpaired) electrons. The van der Waals surface area contributed by atoms with Gasteiger partial charge < -0.3 is 14.6 Å². The summed E-state index contributed by atoms with van der Waals surface area (Å²) in [7, 11) is 1.96. The quantitative estimate of drug-likeness (QED) is 0.619. The Morgan fingerprint density at radius 3 is 2.90 bits per heavy atom. The summed E-state index contributed by atoms with van der Waals surface area (Å²) in [6.07, 6.45) is 3.71. The minimum absolute atomic E-state index is 0.184. The number of hydrogen-bond donors (Lipinski definition) is 1. The van der Waals surface area contributed by atoms with E-state index in [-0.39, 0.29) is 12.5 Å². The van der Waals surface area contributed by atoms with Crippen LogP contribution in [0.15, 0.2) is 4.52 Å². The molecule has 1 N–H and O–H groups in total. The first-order chi connectivity index (χ1) is 10.2. The zero-order chi connectivity index (χ0) is 15.1. The number of likely N-dealkylation sites (N-methyl/N-ethyl adjacent to an activating group) is 1. The van der Waals surface area contributed by atoms with Crippen molar-refractivity contribution in [2.24, 2.45) is 0 Å². The lowest BCUT2D eigenvalue weighted by molar-refractivity contribution is 0.0182. The highest BCUT2D eigenvalue weighted by Gasteiger charge is 2.28. The Morgan fingerprint density at radius 2 is 2.14 bits per heavy atom. The number of halogens is 2. The molecule has 1 saturated carbocycles. The molecule has 0 bridgehead atoms. The van der Waals surface area contributed by atoms with Gasteiger partial charge in [-0.15, -0.1) is 0 Å². The van der Waals surface area contributed by atoms with Crippen molar-refractivity contribution in [3.05, 3.63) is 11.7 Å². The molecule has 0 spiro atoms. The number of nitrogens with zero attached hydrogens (tertiary/aromatic N) is 2. The summed E-state index contributed by atoms with van der Waals surface area (Å²) in [6.45, 7) is -0.363. The molecule has 0 saturated heterocycles. The summed E-state index contributed by atoms with van der Waals surface area (Å²) in [6, 6.07) is 0.357. The fourth-order valence-electron chi connectivity index (χ4n) is 2.80. The van der Waals surface area contributed by atoms with E-state index in [1.54, 1.807) is 0 Å². The molecule has 5 nitrogen and oxygen atoms in total. The number of aromatic nitrogens is 2. The van der Waals surface area contributed by atoms with Gasteiger partial charge in [0.2, 0.25) is 5.89 Å². The summed E-state index contributed by atoms with van der Waals surface area (Å²) in [5.41, 5.74) is 0. The molecule has 2 atom stereocenters. The molecule has 0 aliphatic heterocycles. The van der Waals surface area contributed by atoms with E-state index >= 15 is 0 Å². The molecule has 1 aliphatic carbocycles. The maximum absolute atomic E-state index is 11.9. The number of hydrogen-bond acceptors (Lipinski definition) is 5. The van der Waals surface area contributed by atoms with Gasteiger partial charge in [0, 0.05) is 12.5 Å². The fraction of sp³-hybridized carbons (Fsp3) is 0.857. The molecule has 0 aromatic carbocycles. The molecule has 0 amide bonds. The monoisotopic (exact) mass is 303 g/mol. The number of alkyl halides is 2. The molecule has 120 valence electrons. The molecule has 1 heterocycles. The van der Waals surface area contributed by atoms with Crippen LogP contribution in [0.1, 0.15) is 49.7 Å². The predicted octanol–water partition coefficient (Wildman–Crippen LogP) is 2.53. The van der Waals surface area contributed by atoms with Crippen LogP contribution < -0.4 is 5.32 Å². The molecule has 2 rings (SSSR count). The SMILES string of the molecule is CNC1CCCCCC1c1nc(CCOCC(F)F)no1. The van der Waals surface area contributed by atoms with E-state index in [4.69, 9.17) is 9.26 Å². The van der Waals surface area contributed by atoms with Crippen LogP contribution in [0.3, 0.4) is 0 Å². The summed E-state index contributed by atoms with van der Waals surface area (Å²) in [4.78, 5) is 4.41. The smallest absolute Gasteiger partial charge is 0.261 e. The largest absolute Gasteiger partial charge is 0.375 e. The van der Waals surface area contributed by atoms with Gasteiger partial charge in [0.25, 0.3) is 6.43 Å². The second-order valence-electron chi connectivity index (χ2n) is 5.40. The molecular weight excluding hydrogens is 280 g/mol. The first-order valence-corrected chi connectivity index (χ1v) is 7.56. The third-order valence-corrected chi connectivity index (χ3v) is 3.90. The van der Waals surface area contributed by atoms with Crippen LogP contribution in [-0.4, -0.2) is 42.9 Å². The lowest BCUT2D eigenvalue weighted by Gasteiger charge is -2.20. The van der Waals surface area contributed by atoms with Crippen molar-refractivity contribution in [2.45, 2.75) is 56.9 Å². The van der Waals surface area contributed by atoms with Crippen LogP contribution in [0.5, 0.6) is 0 Å². The first kappa shape index (κ1) is 16.3. The highest BCUT2D eigenvalue weighted by Crippen LogP contribution is 2.30. The average Bonchev–Trinajstić information content (AvgIpc) is 2.80. The minimum atomic E-state index is -2.44. The van der Waals surface area contributed by atoms with Crippen LogP contribution in [0, 0.1) is 0 Å². The second kappa shape index (κ2) is 8.38. The van der Waals surface area contributed by atoms with Crippen molar-refractivity contribution < 1.29 is 18.0 Å². The van der Waals surface area contributed by atoms with Crippen molar-refractivity contribution >= 4 is 0 Å². The lowest BCUT2D eigenvalue weighted by atomic mass is 9.95. The number of nitrogens with one attached hydrogen (secondary N) is 1. The zero-order valence-electron chi connectivity index (χ0n) is 12.4. The zero-order valence-corrected chi connectivity index (χ0v) is 12.4. The number of ether oxygens (including phenoxy) is 1. The fourth-order valence-corrected chi connectivity index (χ4v) is 2.80. The minimum Gasteiger partial charge on any atom is -0.375 e. The van der Waals surface area contributed by atoms with E-state index in [9.17, 15) is 8.78 Å². The van der Waals surface area contributed by atoms with Crippen molar-refractivity contribution in [2.75, 3.05) is 20.3 Å². The van der Waals surface area contributed by atoms with E-state index in [1.165, 1.54) is 12.8 Å². The van der Waals surface area contributed by atoms with Crippen LogP contribution in [0.25, 0.3) is 0 Å². The summed E-state index contributed by atoms with van der Waals surface area (Å²) in [5, 5.41) is 7.26. The Hall–Kier alpha value is -1.08. The Morgan fingerprint density at radius 1 is 1.33 bits per heavy atom. The van der Waals surface area contributed by atoms with Crippen LogP contribution >= 0.6 is 0 Å². The van der Waals surface area contributed by atoms with Crippen LogP contribution in [-0.2, 0) is 11.2 Å². The normalized spacial score (nSPS) is 23.4. The maximum Gasteiger partial charge on any atom is 0.261 e. The third kappa shape index (κ3) is 5.00. The summed E-state index contributed by atoms with van der Waals surface area (Å²) in [5.74, 6) is 1.42. The van der Waals surface area contributed by atoms with Gasteiger partial charge in [0.15, 0.2) is 5.82 Å². The Labute approximate surface area is 123 Å². The molecular formula is C14H23F2N3O2. The van der Waals surface area contributed by atoms with Gasteiger partial charge in [-0.2, -0.15) is 4.98 Å². The van der Waals surface area contributed by atoms with E-state index in [0.29, 0.717) is 24.2 Å². The van der Waals surface area contributed by atoms with Gasteiger partial charge in [-0.3, -0.25) is 0 Å². The highest BCUT2D eigenvalue weighted by molar-refractivity contribution is 5.00. The first-order valence-electron chi connectivity index (χ1n) is 7.56. The van der Waals surface area contributed by atoms with E-state index in [2.05, 4.69) is 15.5 Å². The topological polar surface area (TPSA) is 60.2 Å². The van der Waals surface area contributed by atoms with Gasteiger partial charge in [-0.25, -0.2) is 8.78 Å². The van der Waals surface area contributed by atoms with Gasteiger partial charge in [-0.05, 0) is 19.9 Å². The second-order valence-corrected chi connectivity index (χ2v) is 5.40. The van der Waals surface area contributed by atoms with Crippen LogP contribution in [0.2, 0.25) is 0 Å². The molecule has 1 fully saturated rings. The van der Waals surface area contributed by atoms with Crippen molar-refractivity contribution in [3.63, 3.8) is 0 Å². The molecule has 21 heavy (non-hydrogen) atoms.